The topological polar surface area (TPSA) is 95.2 Å². The summed E-state index contributed by atoms with van der Waals surface area (Å²) in [7, 11) is 1.67. The van der Waals surface area contributed by atoms with E-state index in [4.69, 9.17) is 15.2 Å². The number of thiazole rings is 1. The van der Waals surface area contributed by atoms with Crippen LogP contribution in [-0.2, 0) is 11.3 Å². The number of anilines is 2. The standard InChI is InChI=1S/C19H21N5O2S/c1-25-16-5-3-2-4-14(16)18-22-10-13(27-18)9-21-17-8-15(23-19(20)24-17)12-6-7-26-11-12/h2-5,8,10,12H,6-7,9,11H2,1H3,(H3,20,21,23,24)/t12-/m0/s1. The minimum atomic E-state index is 0.279. The van der Waals surface area contributed by atoms with Gasteiger partial charge in [-0.15, -0.1) is 11.3 Å². The summed E-state index contributed by atoms with van der Waals surface area (Å²) < 4.78 is 10.9. The maximum absolute atomic E-state index is 5.88. The molecule has 0 aliphatic carbocycles. The number of nitrogens with two attached hydrogens (primary N) is 1. The van der Waals surface area contributed by atoms with E-state index in [9.17, 15) is 0 Å². The molecule has 1 aliphatic heterocycles. The fourth-order valence-electron chi connectivity index (χ4n) is 3.07. The van der Waals surface area contributed by atoms with Gasteiger partial charge < -0.3 is 20.5 Å². The first kappa shape index (κ1) is 17.7. The van der Waals surface area contributed by atoms with Crippen LogP contribution in [0.5, 0.6) is 5.75 Å². The van der Waals surface area contributed by atoms with Gasteiger partial charge in [-0.25, -0.2) is 9.97 Å². The van der Waals surface area contributed by atoms with Crippen LogP contribution in [0.2, 0.25) is 0 Å². The molecule has 1 atom stereocenters. The van der Waals surface area contributed by atoms with Crippen molar-refractivity contribution in [1.29, 1.82) is 0 Å². The number of hydrogen-bond acceptors (Lipinski definition) is 8. The Hall–Kier alpha value is -2.71. The highest BCUT2D eigenvalue weighted by Crippen LogP contribution is 2.33. The van der Waals surface area contributed by atoms with Crippen molar-refractivity contribution in [2.45, 2.75) is 18.9 Å². The Morgan fingerprint density at radius 3 is 3.04 bits per heavy atom. The predicted molar refractivity (Wildman–Crippen MR) is 106 cm³/mol. The van der Waals surface area contributed by atoms with Gasteiger partial charge in [0.15, 0.2) is 0 Å². The predicted octanol–water partition coefficient (Wildman–Crippen LogP) is 3.31. The molecule has 0 radical (unpaired) electrons. The summed E-state index contributed by atoms with van der Waals surface area (Å²) in [6.45, 7) is 2.07. The number of nitrogen functional groups attached to an aromatic ring is 1. The fourth-order valence-corrected chi connectivity index (χ4v) is 3.95. The molecule has 2 aromatic heterocycles. The zero-order chi connectivity index (χ0) is 18.6. The van der Waals surface area contributed by atoms with E-state index in [2.05, 4.69) is 20.3 Å². The summed E-state index contributed by atoms with van der Waals surface area (Å²) in [5, 5.41) is 4.25. The summed E-state index contributed by atoms with van der Waals surface area (Å²) in [6.07, 6.45) is 2.84. The Labute approximate surface area is 161 Å². The molecule has 8 heteroatoms. The first-order chi connectivity index (χ1) is 13.2. The molecule has 1 aromatic carbocycles. The molecule has 0 saturated carbocycles. The summed E-state index contributed by atoms with van der Waals surface area (Å²) in [5.74, 6) is 2.10. The molecule has 1 saturated heterocycles. The Balaban J connectivity index is 1.47. The van der Waals surface area contributed by atoms with E-state index in [0.29, 0.717) is 13.2 Å². The smallest absolute Gasteiger partial charge is 0.222 e. The highest BCUT2D eigenvalue weighted by Gasteiger charge is 2.20. The third-order valence-corrected chi connectivity index (χ3v) is 5.48. The quantitative estimate of drug-likeness (QED) is 0.674. The second kappa shape index (κ2) is 7.89. The number of rotatable bonds is 6. The molecule has 3 heterocycles. The number of methoxy groups -OCH3 is 1. The van der Waals surface area contributed by atoms with E-state index in [1.807, 2.05) is 36.5 Å². The number of hydrogen-bond donors (Lipinski definition) is 2. The van der Waals surface area contributed by atoms with E-state index in [0.717, 1.165) is 45.7 Å². The third-order valence-electron chi connectivity index (χ3n) is 4.45. The molecule has 0 spiro atoms. The second-order valence-electron chi connectivity index (χ2n) is 6.28. The first-order valence-electron chi connectivity index (χ1n) is 8.77. The summed E-state index contributed by atoms with van der Waals surface area (Å²) in [5.41, 5.74) is 7.81. The van der Waals surface area contributed by atoms with Crippen molar-refractivity contribution in [3.05, 3.63) is 47.1 Å². The third kappa shape index (κ3) is 4.01. The molecule has 3 aromatic rings. The van der Waals surface area contributed by atoms with E-state index in [1.165, 1.54) is 0 Å². The van der Waals surface area contributed by atoms with Gasteiger partial charge in [0, 0.05) is 29.7 Å². The van der Waals surface area contributed by atoms with Gasteiger partial charge in [-0.2, -0.15) is 4.98 Å². The highest BCUT2D eigenvalue weighted by molar-refractivity contribution is 7.15. The maximum Gasteiger partial charge on any atom is 0.222 e. The minimum absolute atomic E-state index is 0.279. The lowest BCUT2D eigenvalue weighted by Crippen LogP contribution is -2.08. The monoisotopic (exact) mass is 383 g/mol. The summed E-state index contributed by atoms with van der Waals surface area (Å²) >= 11 is 1.62. The normalized spacial score (nSPS) is 16.4. The number of aromatic nitrogens is 3. The van der Waals surface area contributed by atoms with E-state index in [1.54, 1.807) is 18.4 Å². The highest BCUT2D eigenvalue weighted by atomic mass is 32.1. The van der Waals surface area contributed by atoms with Crippen LogP contribution in [0, 0.1) is 0 Å². The van der Waals surface area contributed by atoms with Crippen molar-refractivity contribution in [3.8, 4) is 16.3 Å². The molecule has 4 rings (SSSR count). The largest absolute Gasteiger partial charge is 0.496 e. The van der Waals surface area contributed by atoms with Crippen molar-refractivity contribution >= 4 is 23.1 Å². The van der Waals surface area contributed by atoms with Crippen LogP contribution in [0.25, 0.3) is 10.6 Å². The number of para-hydroxylation sites is 1. The van der Waals surface area contributed by atoms with Gasteiger partial charge in [0.1, 0.15) is 16.6 Å². The lowest BCUT2D eigenvalue weighted by molar-refractivity contribution is 0.193. The second-order valence-corrected chi connectivity index (χ2v) is 7.40. The SMILES string of the molecule is COc1ccccc1-c1ncc(CNc2cc([C@H]3CCOC3)nc(N)n2)s1. The van der Waals surface area contributed by atoms with Crippen LogP contribution in [-0.4, -0.2) is 35.3 Å². The van der Waals surface area contributed by atoms with Gasteiger partial charge >= 0.3 is 0 Å². The zero-order valence-corrected chi connectivity index (χ0v) is 15.8. The fraction of sp³-hybridized carbons (Fsp3) is 0.316. The number of nitrogens with zero attached hydrogens (tertiary/aromatic N) is 3. The van der Waals surface area contributed by atoms with E-state index in [-0.39, 0.29) is 11.9 Å². The summed E-state index contributed by atoms with van der Waals surface area (Å²) in [6, 6.07) is 9.83. The minimum Gasteiger partial charge on any atom is -0.496 e. The molecule has 1 fully saturated rings. The molecule has 140 valence electrons. The van der Waals surface area contributed by atoms with Crippen molar-refractivity contribution < 1.29 is 9.47 Å². The average Bonchev–Trinajstić information content (AvgIpc) is 3.38. The van der Waals surface area contributed by atoms with E-state index < -0.39 is 0 Å². The van der Waals surface area contributed by atoms with Crippen LogP contribution < -0.4 is 15.8 Å². The molecule has 0 unspecified atom stereocenters. The Morgan fingerprint density at radius 1 is 1.33 bits per heavy atom. The number of benzene rings is 1. The van der Waals surface area contributed by atoms with Crippen LogP contribution in [0.3, 0.4) is 0 Å². The van der Waals surface area contributed by atoms with Crippen molar-refractivity contribution in [1.82, 2.24) is 15.0 Å². The van der Waals surface area contributed by atoms with Crippen LogP contribution >= 0.6 is 11.3 Å². The molecular formula is C19H21N5O2S. The van der Waals surface area contributed by atoms with Gasteiger partial charge in [-0.05, 0) is 18.6 Å². The van der Waals surface area contributed by atoms with Crippen LogP contribution in [0.15, 0.2) is 36.5 Å². The number of nitrogens with one attached hydrogen (secondary N) is 1. The van der Waals surface area contributed by atoms with Crippen molar-refractivity contribution in [3.63, 3.8) is 0 Å². The zero-order valence-electron chi connectivity index (χ0n) is 15.0. The first-order valence-corrected chi connectivity index (χ1v) is 9.59. The van der Waals surface area contributed by atoms with Gasteiger partial charge in [0.25, 0.3) is 0 Å². The van der Waals surface area contributed by atoms with Crippen LogP contribution in [0.4, 0.5) is 11.8 Å². The lowest BCUT2D eigenvalue weighted by atomic mass is 10.0. The molecule has 7 nitrogen and oxygen atoms in total. The maximum atomic E-state index is 5.88. The van der Waals surface area contributed by atoms with Crippen LogP contribution in [0.1, 0.15) is 22.9 Å². The Morgan fingerprint density at radius 2 is 2.22 bits per heavy atom. The van der Waals surface area contributed by atoms with Crippen molar-refractivity contribution in [2.75, 3.05) is 31.4 Å². The number of ether oxygens (including phenoxy) is 2. The van der Waals surface area contributed by atoms with Crippen molar-refractivity contribution in [2.24, 2.45) is 0 Å². The van der Waals surface area contributed by atoms with Gasteiger partial charge in [0.05, 0.1) is 31.5 Å². The van der Waals surface area contributed by atoms with Gasteiger partial charge in [-0.3, -0.25) is 0 Å². The average molecular weight is 383 g/mol. The summed E-state index contributed by atoms with van der Waals surface area (Å²) in [4.78, 5) is 14.3. The lowest BCUT2D eigenvalue weighted by Gasteiger charge is -2.10. The molecule has 0 bridgehead atoms. The Bertz CT molecular complexity index is 924. The molecular weight excluding hydrogens is 362 g/mol. The Kier molecular flexibility index (Phi) is 5.17. The molecule has 27 heavy (non-hydrogen) atoms. The van der Waals surface area contributed by atoms with Gasteiger partial charge in [0.2, 0.25) is 5.95 Å². The van der Waals surface area contributed by atoms with E-state index >= 15 is 0 Å². The molecule has 1 aliphatic rings. The van der Waals surface area contributed by atoms with Gasteiger partial charge in [-0.1, -0.05) is 12.1 Å². The molecule has 0 amide bonds. The molecule has 3 N–H and O–H groups in total.